The standard InChI is InChI=1S/C45H69FN2O4/c1-29(2)31-13-20-45(47-27-36(49)48-25-23-40(5,52)24-26-48)22-21-42(7)33(37(31)45)9-10-35-41(6)16-14-32(39(3,4)34(41)15-17-43(35,42)8)30-11-18-44(28-46,19-12-30)38(50)51/h11,14,31,33-35,37,47,52H,1,9-10,12-13,15-28H2,2-8H3,(H,50,51)/t31-,33+,34-,35+,37+,41-,42+,43+,44?,45-/m0/s1. The summed E-state index contributed by atoms with van der Waals surface area (Å²) in [4.78, 5) is 27.5. The molecule has 0 radical (unpaired) electrons. The Morgan fingerprint density at radius 3 is 2.21 bits per heavy atom. The van der Waals surface area contributed by atoms with Gasteiger partial charge in [0.1, 0.15) is 6.67 Å². The van der Waals surface area contributed by atoms with Crippen molar-refractivity contribution in [2.24, 2.45) is 56.7 Å². The number of nitrogens with one attached hydrogen (secondary N) is 1. The smallest absolute Gasteiger partial charge is 0.312 e. The third-order valence-electron chi connectivity index (χ3n) is 18.1. The Hall–Kier alpha value is -1.99. The molecule has 6 nitrogen and oxygen atoms in total. The summed E-state index contributed by atoms with van der Waals surface area (Å²) < 4.78 is 14.0. The first kappa shape index (κ1) is 38.3. The highest BCUT2D eigenvalue weighted by Gasteiger charge is 2.70. The minimum atomic E-state index is -1.26. The summed E-state index contributed by atoms with van der Waals surface area (Å²) in [6, 6.07) is 0. The number of likely N-dealkylation sites (tertiary alicyclic amines) is 1. The molecule has 0 spiro atoms. The van der Waals surface area contributed by atoms with E-state index in [0.29, 0.717) is 74.9 Å². The van der Waals surface area contributed by atoms with Crippen LogP contribution in [0.1, 0.15) is 138 Å². The van der Waals surface area contributed by atoms with Crippen molar-refractivity contribution in [2.75, 3.05) is 26.3 Å². The first-order valence-corrected chi connectivity index (χ1v) is 20.9. The first-order chi connectivity index (χ1) is 24.3. The van der Waals surface area contributed by atoms with Gasteiger partial charge in [0.25, 0.3) is 0 Å². The van der Waals surface area contributed by atoms with Crippen molar-refractivity contribution in [3.8, 4) is 0 Å². The van der Waals surface area contributed by atoms with Crippen LogP contribution in [0.15, 0.2) is 35.5 Å². The highest BCUT2D eigenvalue weighted by Crippen LogP contribution is 2.76. The van der Waals surface area contributed by atoms with E-state index in [2.05, 4.69) is 65.6 Å². The largest absolute Gasteiger partial charge is 0.481 e. The molecule has 7 aliphatic rings. The molecule has 290 valence electrons. The molecule has 0 aromatic carbocycles. The van der Waals surface area contributed by atoms with Crippen LogP contribution in [0.2, 0.25) is 0 Å². The minimum Gasteiger partial charge on any atom is -0.481 e. The average molecular weight is 721 g/mol. The van der Waals surface area contributed by atoms with Crippen molar-refractivity contribution in [3.05, 3.63) is 35.5 Å². The molecule has 6 aliphatic carbocycles. The number of amides is 1. The Balaban J connectivity index is 1.14. The monoisotopic (exact) mass is 721 g/mol. The fraction of sp³-hybridized carbons (Fsp3) is 0.822. The molecule has 1 amide bonds. The van der Waals surface area contributed by atoms with Gasteiger partial charge in [0.2, 0.25) is 5.91 Å². The third-order valence-corrected chi connectivity index (χ3v) is 18.1. The molecular formula is C45H69FN2O4. The summed E-state index contributed by atoms with van der Waals surface area (Å²) in [5.74, 6) is 1.87. The molecule has 52 heavy (non-hydrogen) atoms. The maximum Gasteiger partial charge on any atom is 0.312 e. The summed E-state index contributed by atoms with van der Waals surface area (Å²) in [5, 5.41) is 24.3. The number of aliphatic carboxylic acids is 1. The molecule has 7 rings (SSSR count). The Morgan fingerprint density at radius 2 is 1.60 bits per heavy atom. The van der Waals surface area contributed by atoms with Gasteiger partial charge in [0.05, 0.1) is 17.6 Å². The number of halogens is 1. The molecule has 0 aromatic rings. The fourth-order valence-electron chi connectivity index (χ4n) is 14.7. The molecule has 1 saturated heterocycles. The molecular weight excluding hydrogens is 652 g/mol. The molecule has 1 heterocycles. The van der Waals surface area contributed by atoms with E-state index >= 15 is 0 Å². The van der Waals surface area contributed by atoms with Crippen LogP contribution >= 0.6 is 0 Å². The van der Waals surface area contributed by atoms with Gasteiger partial charge in [-0.15, -0.1) is 0 Å². The highest BCUT2D eigenvalue weighted by molar-refractivity contribution is 5.78. The second-order valence-electron chi connectivity index (χ2n) is 20.8. The predicted molar refractivity (Wildman–Crippen MR) is 205 cm³/mol. The van der Waals surface area contributed by atoms with Gasteiger partial charge in [0, 0.05) is 18.6 Å². The van der Waals surface area contributed by atoms with Gasteiger partial charge in [-0.05, 0) is 166 Å². The number of carboxylic acid groups (broad SMARTS) is 1. The Labute approximate surface area is 313 Å². The maximum atomic E-state index is 14.0. The number of alkyl halides is 1. The molecule has 1 unspecified atom stereocenters. The first-order valence-electron chi connectivity index (χ1n) is 20.9. The average Bonchev–Trinajstić information content (AvgIpc) is 3.48. The van der Waals surface area contributed by atoms with Gasteiger partial charge in [-0.2, -0.15) is 0 Å². The van der Waals surface area contributed by atoms with Crippen LogP contribution in [0.5, 0.6) is 0 Å². The summed E-state index contributed by atoms with van der Waals surface area (Å²) in [7, 11) is 0. The van der Waals surface area contributed by atoms with E-state index in [9.17, 15) is 24.2 Å². The van der Waals surface area contributed by atoms with Crippen molar-refractivity contribution < 1.29 is 24.2 Å². The molecule has 5 fully saturated rings. The van der Waals surface area contributed by atoms with Crippen molar-refractivity contribution in [1.29, 1.82) is 0 Å². The van der Waals surface area contributed by atoms with Crippen LogP contribution in [0.25, 0.3) is 0 Å². The summed E-state index contributed by atoms with van der Waals surface area (Å²) in [6.07, 6.45) is 17.7. The number of fused-ring (bicyclic) bond motifs is 7. The summed E-state index contributed by atoms with van der Waals surface area (Å²) in [6.45, 7) is 22.4. The van der Waals surface area contributed by atoms with Gasteiger partial charge in [0.15, 0.2) is 0 Å². The molecule has 10 atom stereocenters. The Kier molecular flexibility index (Phi) is 9.41. The second-order valence-corrected chi connectivity index (χ2v) is 20.8. The lowest BCUT2D eigenvalue weighted by Gasteiger charge is -2.72. The zero-order valence-corrected chi connectivity index (χ0v) is 33.5. The third kappa shape index (κ3) is 5.57. The van der Waals surface area contributed by atoms with Crippen LogP contribution in [0, 0.1) is 56.7 Å². The van der Waals surface area contributed by atoms with Crippen molar-refractivity contribution in [3.63, 3.8) is 0 Å². The maximum absolute atomic E-state index is 14.0. The molecule has 0 bridgehead atoms. The minimum absolute atomic E-state index is 0.0321. The number of carboxylic acids is 1. The second kappa shape index (κ2) is 12.8. The Bertz CT molecular complexity index is 1540. The van der Waals surface area contributed by atoms with Gasteiger partial charge in [-0.25, -0.2) is 4.39 Å². The predicted octanol–water partition coefficient (Wildman–Crippen LogP) is 9.05. The van der Waals surface area contributed by atoms with Crippen LogP contribution < -0.4 is 5.32 Å². The quantitative estimate of drug-likeness (QED) is 0.229. The number of hydrogen-bond donors (Lipinski definition) is 3. The number of nitrogens with zero attached hydrogens (tertiary/aromatic N) is 1. The SMILES string of the molecule is C=C(C)[C@@H]1CC[C@]2(NCC(=O)N3CCC(C)(O)CC3)CC[C@]3(C)[C@H](CC[C@@H]4[C@@]5(C)CC=C(C6=CCC(CF)(C(=O)O)CC6)C(C)(C)[C@@H]5CC[C@]43C)[C@@H]12. The number of aliphatic hydroxyl groups is 1. The number of rotatable bonds is 7. The van der Waals surface area contributed by atoms with E-state index in [1.165, 1.54) is 48.8 Å². The van der Waals surface area contributed by atoms with Crippen LogP contribution in [-0.2, 0) is 9.59 Å². The number of carbonyl (C=O) groups is 2. The number of piperidine rings is 1. The number of hydrogen-bond acceptors (Lipinski definition) is 4. The van der Waals surface area contributed by atoms with Crippen molar-refractivity contribution in [2.45, 2.75) is 149 Å². The lowest BCUT2D eigenvalue weighted by Crippen LogP contribution is -2.68. The number of carbonyl (C=O) groups excluding carboxylic acids is 1. The van der Waals surface area contributed by atoms with Crippen LogP contribution in [0.3, 0.4) is 0 Å². The van der Waals surface area contributed by atoms with Gasteiger partial charge >= 0.3 is 5.97 Å². The van der Waals surface area contributed by atoms with Crippen molar-refractivity contribution >= 4 is 11.9 Å². The zero-order valence-electron chi connectivity index (χ0n) is 33.5. The summed E-state index contributed by atoms with van der Waals surface area (Å²) in [5.41, 5.74) is 2.55. The van der Waals surface area contributed by atoms with Gasteiger partial charge < -0.3 is 20.4 Å². The zero-order chi connectivity index (χ0) is 37.7. The lowest BCUT2D eigenvalue weighted by molar-refractivity contribution is -0.221. The molecule has 3 N–H and O–H groups in total. The molecule has 1 aliphatic heterocycles. The summed E-state index contributed by atoms with van der Waals surface area (Å²) >= 11 is 0. The highest BCUT2D eigenvalue weighted by atomic mass is 19.1. The normalized spacial score (nSPS) is 45.0. The van der Waals surface area contributed by atoms with Gasteiger partial charge in [-0.3, -0.25) is 9.59 Å². The van der Waals surface area contributed by atoms with E-state index < -0.39 is 23.7 Å². The van der Waals surface area contributed by atoms with E-state index in [4.69, 9.17) is 0 Å². The van der Waals surface area contributed by atoms with Crippen molar-refractivity contribution in [1.82, 2.24) is 10.2 Å². The van der Waals surface area contributed by atoms with Crippen LogP contribution in [-0.4, -0.2) is 64.4 Å². The van der Waals surface area contributed by atoms with Crippen LogP contribution in [0.4, 0.5) is 4.39 Å². The van der Waals surface area contributed by atoms with Gasteiger partial charge in [-0.1, -0.05) is 58.9 Å². The van der Waals surface area contributed by atoms with E-state index in [0.717, 1.165) is 25.7 Å². The molecule has 0 aromatic heterocycles. The Morgan fingerprint density at radius 1 is 0.885 bits per heavy atom. The van der Waals surface area contributed by atoms with E-state index in [1.807, 2.05) is 11.8 Å². The topological polar surface area (TPSA) is 89.9 Å². The van der Waals surface area contributed by atoms with E-state index in [1.54, 1.807) is 0 Å². The molecule has 4 saturated carbocycles. The van der Waals surface area contributed by atoms with E-state index in [-0.39, 0.29) is 39.5 Å². The molecule has 7 heteroatoms. The lowest BCUT2D eigenvalue weighted by atomic mass is 9.33. The fourth-order valence-corrected chi connectivity index (χ4v) is 14.7. The number of allylic oxidation sites excluding steroid dienone is 5.